The second-order valence-electron chi connectivity index (χ2n) is 6.21. The van der Waals surface area contributed by atoms with Gasteiger partial charge in [-0.2, -0.15) is 0 Å². The molecular weight excluding hydrogens is 346 g/mol. The number of carboxylic acids is 1. The topological polar surface area (TPSA) is 98.7 Å². The Hall–Kier alpha value is -2.12. The molecule has 1 fully saturated rings. The molecule has 1 aromatic carbocycles. The van der Waals surface area contributed by atoms with Crippen molar-refractivity contribution in [3.05, 3.63) is 29.3 Å². The number of carbonyl (C=O) groups is 3. The number of benzene rings is 1. The van der Waals surface area contributed by atoms with E-state index < -0.39 is 17.9 Å². The maximum atomic E-state index is 11.9. The zero-order valence-electron chi connectivity index (χ0n) is 14.4. The molecule has 0 bridgehead atoms. The van der Waals surface area contributed by atoms with E-state index in [9.17, 15) is 14.4 Å². The third-order valence-corrected chi connectivity index (χ3v) is 4.19. The van der Waals surface area contributed by atoms with Crippen LogP contribution in [0.3, 0.4) is 0 Å². The number of aryl methyl sites for hydroxylation is 2. The Morgan fingerprint density at radius 3 is 2.40 bits per heavy atom. The zero-order chi connectivity index (χ0) is 17.7. The van der Waals surface area contributed by atoms with Gasteiger partial charge in [0.2, 0.25) is 5.91 Å². The molecule has 0 aliphatic carbocycles. The highest BCUT2D eigenvalue weighted by atomic mass is 35.5. The summed E-state index contributed by atoms with van der Waals surface area (Å²) in [5.74, 6) is -1.52. The van der Waals surface area contributed by atoms with E-state index in [4.69, 9.17) is 5.11 Å². The summed E-state index contributed by atoms with van der Waals surface area (Å²) in [5, 5.41) is 13.9. The van der Waals surface area contributed by atoms with Gasteiger partial charge >= 0.3 is 12.0 Å². The Morgan fingerprint density at radius 2 is 1.84 bits per heavy atom. The smallest absolute Gasteiger partial charge is 0.325 e. The van der Waals surface area contributed by atoms with Gasteiger partial charge in [0.05, 0.1) is 12.5 Å². The molecule has 0 saturated carbocycles. The first kappa shape index (κ1) is 20.9. The Kier molecular flexibility index (Phi) is 7.86. The fourth-order valence-corrected chi connectivity index (χ4v) is 2.81. The van der Waals surface area contributed by atoms with Crippen LogP contribution in [0.4, 0.5) is 10.5 Å². The maximum Gasteiger partial charge on any atom is 0.325 e. The van der Waals surface area contributed by atoms with Crippen LogP contribution < -0.4 is 10.6 Å². The summed E-state index contributed by atoms with van der Waals surface area (Å²) in [6, 6.07) is 5.07. The Morgan fingerprint density at radius 1 is 1.20 bits per heavy atom. The molecule has 1 saturated heterocycles. The fourth-order valence-electron chi connectivity index (χ4n) is 2.81. The Balaban J connectivity index is 0.00000312. The predicted octanol–water partition coefficient (Wildman–Crippen LogP) is 2.17. The van der Waals surface area contributed by atoms with Gasteiger partial charge in [0, 0.05) is 5.69 Å². The minimum absolute atomic E-state index is 0. The molecule has 0 unspecified atom stereocenters. The molecule has 0 radical (unpaired) electrons. The molecule has 1 aliphatic heterocycles. The predicted molar refractivity (Wildman–Crippen MR) is 97.1 cm³/mol. The van der Waals surface area contributed by atoms with Gasteiger partial charge in [-0.05, 0) is 51.4 Å². The van der Waals surface area contributed by atoms with Gasteiger partial charge in [-0.25, -0.2) is 4.79 Å². The Bertz CT molecular complexity index is 643. The number of nitrogens with zero attached hydrogens (tertiary/aromatic N) is 1. The standard InChI is InChI=1S/C17H23N3O4.ClH/c1-11-3-4-14(12(2)9-11)18-17(24)19-15(21)10-20-7-5-13(6-8-20)16(22)23;/h3-4,9,13H,5-8,10H2,1-2H3,(H,22,23)(H2,18,19,21,24);1H. The molecule has 3 N–H and O–H groups in total. The number of hydrogen-bond donors (Lipinski definition) is 3. The zero-order valence-corrected chi connectivity index (χ0v) is 15.2. The Labute approximate surface area is 153 Å². The van der Waals surface area contributed by atoms with Crippen LogP contribution in [0.5, 0.6) is 0 Å². The molecule has 1 heterocycles. The number of aliphatic carboxylic acids is 1. The van der Waals surface area contributed by atoms with E-state index in [-0.39, 0.29) is 24.9 Å². The van der Waals surface area contributed by atoms with Gasteiger partial charge in [0.25, 0.3) is 0 Å². The number of piperidine rings is 1. The molecule has 25 heavy (non-hydrogen) atoms. The molecule has 138 valence electrons. The summed E-state index contributed by atoms with van der Waals surface area (Å²) >= 11 is 0. The summed E-state index contributed by atoms with van der Waals surface area (Å²) in [6.07, 6.45) is 1.05. The van der Waals surface area contributed by atoms with E-state index in [1.165, 1.54) is 0 Å². The lowest BCUT2D eigenvalue weighted by Crippen LogP contribution is -2.45. The maximum absolute atomic E-state index is 11.9. The molecule has 0 atom stereocenters. The first-order chi connectivity index (χ1) is 11.3. The molecule has 3 amide bonds. The first-order valence-electron chi connectivity index (χ1n) is 7.98. The summed E-state index contributed by atoms with van der Waals surface area (Å²) in [7, 11) is 0. The van der Waals surface area contributed by atoms with Crippen molar-refractivity contribution in [3.8, 4) is 0 Å². The van der Waals surface area contributed by atoms with Crippen molar-refractivity contribution in [2.45, 2.75) is 26.7 Å². The molecule has 8 heteroatoms. The molecule has 2 rings (SSSR count). The highest BCUT2D eigenvalue weighted by Gasteiger charge is 2.25. The molecule has 1 aliphatic rings. The van der Waals surface area contributed by atoms with Gasteiger partial charge in [0.1, 0.15) is 0 Å². The van der Waals surface area contributed by atoms with E-state index in [0.29, 0.717) is 31.6 Å². The summed E-state index contributed by atoms with van der Waals surface area (Å²) in [4.78, 5) is 36.6. The number of hydrogen-bond acceptors (Lipinski definition) is 4. The number of carboxylic acid groups (broad SMARTS) is 1. The van der Waals surface area contributed by atoms with Crippen molar-refractivity contribution in [2.24, 2.45) is 5.92 Å². The highest BCUT2D eigenvalue weighted by Crippen LogP contribution is 2.17. The molecular formula is C17H24ClN3O4. The second kappa shape index (κ2) is 9.39. The van der Waals surface area contributed by atoms with Crippen LogP contribution in [0, 0.1) is 19.8 Å². The van der Waals surface area contributed by atoms with Crippen LogP contribution in [0.2, 0.25) is 0 Å². The normalized spacial score (nSPS) is 15.1. The van der Waals surface area contributed by atoms with Crippen molar-refractivity contribution >= 4 is 36.0 Å². The lowest BCUT2D eigenvalue weighted by atomic mass is 9.97. The molecule has 7 nitrogen and oxygen atoms in total. The lowest BCUT2D eigenvalue weighted by Gasteiger charge is -2.29. The van der Waals surface area contributed by atoms with E-state index in [1.807, 2.05) is 30.9 Å². The van der Waals surface area contributed by atoms with Crippen LogP contribution in [0.1, 0.15) is 24.0 Å². The third-order valence-electron chi connectivity index (χ3n) is 4.19. The average Bonchev–Trinajstić information content (AvgIpc) is 2.50. The van der Waals surface area contributed by atoms with Gasteiger partial charge < -0.3 is 10.4 Å². The van der Waals surface area contributed by atoms with Crippen LogP contribution in [0.25, 0.3) is 0 Å². The first-order valence-corrected chi connectivity index (χ1v) is 7.98. The lowest BCUT2D eigenvalue weighted by molar-refractivity contribution is -0.143. The second-order valence-corrected chi connectivity index (χ2v) is 6.21. The van der Waals surface area contributed by atoms with Crippen LogP contribution in [0.15, 0.2) is 18.2 Å². The van der Waals surface area contributed by atoms with Crippen molar-refractivity contribution in [1.29, 1.82) is 0 Å². The number of nitrogens with one attached hydrogen (secondary N) is 2. The number of anilines is 1. The number of imide groups is 1. The summed E-state index contributed by atoms with van der Waals surface area (Å²) < 4.78 is 0. The van der Waals surface area contributed by atoms with Crippen LogP contribution >= 0.6 is 12.4 Å². The third kappa shape index (κ3) is 6.36. The van der Waals surface area contributed by atoms with Crippen molar-refractivity contribution < 1.29 is 19.5 Å². The summed E-state index contributed by atoms with van der Waals surface area (Å²) in [5.41, 5.74) is 2.68. The molecule has 0 aromatic heterocycles. The number of likely N-dealkylation sites (tertiary alicyclic amines) is 1. The van der Waals surface area contributed by atoms with E-state index in [2.05, 4.69) is 10.6 Å². The highest BCUT2D eigenvalue weighted by molar-refractivity contribution is 6.02. The number of urea groups is 1. The minimum atomic E-state index is -0.785. The van der Waals surface area contributed by atoms with Gasteiger partial charge in [-0.1, -0.05) is 17.7 Å². The van der Waals surface area contributed by atoms with E-state index in [1.54, 1.807) is 6.07 Å². The summed E-state index contributed by atoms with van der Waals surface area (Å²) in [6.45, 7) is 5.03. The van der Waals surface area contributed by atoms with Crippen LogP contribution in [-0.4, -0.2) is 47.5 Å². The van der Waals surface area contributed by atoms with E-state index in [0.717, 1.165) is 11.1 Å². The van der Waals surface area contributed by atoms with Gasteiger partial charge in [-0.15, -0.1) is 12.4 Å². The van der Waals surface area contributed by atoms with Crippen molar-refractivity contribution in [3.63, 3.8) is 0 Å². The quantitative estimate of drug-likeness (QED) is 0.755. The van der Waals surface area contributed by atoms with Crippen LogP contribution in [-0.2, 0) is 9.59 Å². The van der Waals surface area contributed by atoms with Gasteiger partial charge in [-0.3, -0.25) is 19.8 Å². The fraction of sp³-hybridized carbons (Fsp3) is 0.471. The van der Waals surface area contributed by atoms with Crippen molar-refractivity contribution in [1.82, 2.24) is 10.2 Å². The SMILES string of the molecule is Cc1ccc(NC(=O)NC(=O)CN2CCC(C(=O)O)CC2)c(C)c1.Cl. The molecule has 1 aromatic rings. The monoisotopic (exact) mass is 369 g/mol. The number of carbonyl (C=O) groups excluding carboxylic acids is 2. The largest absolute Gasteiger partial charge is 0.481 e. The number of amides is 3. The average molecular weight is 370 g/mol. The van der Waals surface area contributed by atoms with Crippen molar-refractivity contribution in [2.75, 3.05) is 25.0 Å². The number of rotatable bonds is 4. The number of halogens is 1. The molecule has 0 spiro atoms. The minimum Gasteiger partial charge on any atom is -0.481 e. The van der Waals surface area contributed by atoms with E-state index >= 15 is 0 Å². The van der Waals surface area contributed by atoms with Gasteiger partial charge in [0.15, 0.2) is 0 Å².